The fraction of sp³-hybridized carbons (Fsp3) is 0.500. The third kappa shape index (κ3) is 21.1. The van der Waals surface area contributed by atoms with Gasteiger partial charge in [0.05, 0.1) is 0 Å². The molecule has 0 atom stereocenters. The molecule has 0 aliphatic heterocycles. The quantitative estimate of drug-likeness (QED) is 0.270. The van der Waals surface area contributed by atoms with Crippen LogP contribution in [-0.4, -0.2) is 0 Å². The molecule has 20 heavy (non-hydrogen) atoms. The second kappa shape index (κ2) is 24.8. The normalized spacial score (nSPS) is 16.0. The topological polar surface area (TPSA) is 0 Å². The van der Waals surface area contributed by atoms with Crippen molar-refractivity contribution in [2.24, 2.45) is 0 Å². The van der Waals surface area contributed by atoms with Crippen LogP contribution >= 0.6 is 24.8 Å². The molecular formula is C16H26Cl2Ir2. The van der Waals surface area contributed by atoms with Gasteiger partial charge >= 0.3 is 0 Å². The van der Waals surface area contributed by atoms with Crippen molar-refractivity contribution >= 4 is 24.8 Å². The number of rotatable bonds is 0. The Morgan fingerprint density at radius 2 is 0.400 bits per heavy atom. The molecule has 2 aliphatic rings. The molecular weight excluding hydrogens is 648 g/mol. The molecule has 0 amide bonds. The molecule has 0 saturated heterocycles. The van der Waals surface area contributed by atoms with Gasteiger partial charge in [0.25, 0.3) is 0 Å². The molecule has 0 aromatic rings. The predicted molar refractivity (Wildman–Crippen MR) is 88.0 cm³/mol. The molecule has 2 radical (unpaired) electrons. The van der Waals surface area contributed by atoms with Gasteiger partial charge in [-0.15, -0.1) is 24.8 Å². The Bertz CT molecular complexity index is 192. The van der Waals surface area contributed by atoms with Gasteiger partial charge in [0.15, 0.2) is 0 Å². The summed E-state index contributed by atoms with van der Waals surface area (Å²) in [7, 11) is 0. The third-order valence-corrected chi connectivity index (χ3v) is 2.67. The zero-order valence-corrected chi connectivity index (χ0v) is 18.2. The van der Waals surface area contributed by atoms with Crippen LogP contribution in [0.15, 0.2) is 48.6 Å². The number of hydrogen-bond acceptors (Lipinski definition) is 0. The molecule has 4 heteroatoms. The Morgan fingerprint density at radius 1 is 0.300 bits per heavy atom. The monoisotopic (exact) mass is 674 g/mol. The molecule has 0 saturated carbocycles. The van der Waals surface area contributed by atoms with Crippen LogP contribution in [0, 0.1) is 0 Å². The van der Waals surface area contributed by atoms with E-state index in [4.69, 9.17) is 0 Å². The Hall–Kier alpha value is 0.839. The van der Waals surface area contributed by atoms with E-state index in [0.29, 0.717) is 0 Å². The summed E-state index contributed by atoms with van der Waals surface area (Å²) in [4.78, 5) is 0. The van der Waals surface area contributed by atoms with E-state index in [9.17, 15) is 0 Å². The fourth-order valence-corrected chi connectivity index (χ4v) is 1.71. The molecule has 0 unspecified atom stereocenters. The first kappa shape index (κ1) is 28.9. The molecule has 2 rings (SSSR count). The van der Waals surface area contributed by atoms with Crippen LogP contribution in [0.1, 0.15) is 51.4 Å². The standard InChI is InChI=1S/2C8H12.2ClH.2Ir/c2*1-2-4-6-8-7-5-3-1;;;;/h2*1-2,7-8H,3-6H2;2*1H;;. The summed E-state index contributed by atoms with van der Waals surface area (Å²) < 4.78 is 0. The maximum atomic E-state index is 2.27. The first-order chi connectivity index (χ1) is 8.00. The van der Waals surface area contributed by atoms with Gasteiger partial charge in [-0.1, -0.05) is 48.6 Å². The fourth-order valence-electron chi connectivity index (χ4n) is 1.71. The van der Waals surface area contributed by atoms with E-state index in [1.54, 1.807) is 0 Å². The van der Waals surface area contributed by atoms with Crippen LogP contribution in [0.4, 0.5) is 0 Å². The summed E-state index contributed by atoms with van der Waals surface area (Å²) in [6, 6.07) is 0. The molecule has 122 valence electrons. The van der Waals surface area contributed by atoms with Gasteiger partial charge in [-0.05, 0) is 51.4 Å². The van der Waals surface area contributed by atoms with Crippen molar-refractivity contribution in [1.29, 1.82) is 0 Å². The zero-order chi connectivity index (χ0) is 11.3. The SMILES string of the molecule is C1=CCCC=CCC1.C1=CCCC=CCC1.Cl.Cl.[Ir].[Ir]. The van der Waals surface area contributed by atoms with Crippen molar-refractivity contribution in [1.82, 2.24) is 0 Å². The molecule has 0 aromatic carbocycles. The first-order valence-corrected chi connectivity index (χ1v) is 6.60. The summed E-state index contributed by atoms with van der Waals surface area (Å²) in [5.74, 6) is 0. The summed E-state index contributed by atoms with van der Waals surface area (Å²) in [5.41, 5.74) is 0. The third-order valence-electron chi connectivity index (χ3n) is 2.67. The van der Waals surface area contributed by atoms with E-state index < -0.39 is 0 Å². The Morgan fingerprint density at radius 3 is 0.500 bits per heavy atom. The van der Waals surface area contributed by atoms with E-state index in [1.165, 1.54) is 51.4 Å². The summed E-state index contributed by atoms with van der Waals surface area (Å²) >= 11 is 0. The van der Waals surface area contributed by atoms with E-state index in [2.05, 4.69) is 48.6 Å². The van der Waals surface area contributed by atoms with Crippen LogP contribution in [0.2, 0.25) is 0 Å². The van der Waals surface area contributed by atoms with Crippen LogP contribution in [0.5, 0.6) is 0 Å². The van der Waals surface area contributed by atoms with Crippen molar-refractivity contribution in [3.8, 4) is 0 Å². The van der Waals surface area contributed by atoms with Crippen LogP contribution in [0.25, 0.3) is 0 Å². The van der Waals surface area contributed by atoms with Crippen molar-refractivity contribution < 1.29 is 40.2 Å². The van der Waals surface area contributed by atoms with Gasteiger partial charge in [-0.3, -0.25) is 0 Å². The second-order valence-electron chi connectivity index (χ2n) is 4.20. The van der Waals surface area contributed by atoms with E-state index in [-0.39, 0.29) is 65.0 Å². The van der Waals surface area contributed by atoms with Gasteiger partial charge in [-0.25, -0.2) is 0 Å². The minimum Gasteiger partial charge on any atom is -0.147 e. The molecule has 0 nitrogen and oxygen atoms in total. The maximum absolute atomic E-state index is 2.27. The molecule has 2 aliphatic carbocycles. The van der Waals surface area contributed by atoms with Crippen molar-refractivity contribution in [2.75, 3.05) is 0 Å². The second-order valence-corrected chi connectivity index (χ2v) is 4.20. The number of hydrogen-bond donors (Lipinski definition) is 0. The Kier molecular flexibility index (Phi) is 35.9. The van der Waals surface area contributed by atoms with E-state index >= 15 is 0 Å². The molecule has 0 aromatic heterocycles. The number of allylic oxidation sites excluding steroid dienone is 8. The maximum Gasteiger partial charge on any atom is 0 e. The van der Waals surface area contributed by atoms with Crippen molar-refractivity contribution in [3.05, 3.63) is 48.6 Å². The predicted octanol–water partition coefficient (Wildman–Crippen LogP) is 6.18. The molecule has 0 fully saturated rings. The summed E-state index contributed by atoms with van der Waals surface area (Å²) in [6.07, 6.45) is 28.0. The minimum atomic E-state index is 0. The summed E-state index contributed by atoms with van der Waals surface area (Å²) in [5, 5.41) is 0. The Labute approximate surface area is 164 Å². The van der Waals surface area contributed by atoms with Crippen molar-refractivity contribution in [3.63, 3.8) is 0 Å². The molecule has 0 spiro atoms. The van der Waals surface area contributed by atoms with Crippen molar-refractivity contribution in [2.45, 2.75) is 51.4 Å². The Balaban J connectivity index is -0.000000107. The van der Waals surface area contributed by atoms with Crippen LogP contribution < -0.4 is 0 Å². The average Bonchev–Trinajstić information content (AvgIpc) is 2.15. The van der Waals surface area contributed by atoms with Gasteiger partial charge < -0.3 is 0 Å². The largest absolute Gasteiger partial charge is 0.147 e. The molecule has 0 N–H and O–H groups in total. The summed E-state index contributed by atoms with van der Waals surface area (Å²) in [6.45, 7) is 0. The first-order valence-electron chi connectivity index (χ1n) is 6.60. The average molecular weight is 674 g/mol. The molecule has 0 bridgehead atoms. The van der Waals surface area contributed by atoms with Crippen LogP contribution in [-0.2, 0) is 40.2 Å². The van der Waals surface area contributed by atoms with Gasteiger partial charge in [0.1, 0.15) is 0 Å². The van der Waals surface area contributed by atoms with Gasteiger partial charge in [0, 0.05) is 40.2 Å². The zero-order valence-electron chi connectivity index (χ0n) is 11.8. The minimum absolute atomic E-state index is 0. The van der Waals surface area contributed by atoms with E-state index in [1.807, 2.05) is 0 Å². The van der Waals surface area contributed by atoms with E-state index in [0.717, 1.165) is 0 Å². The molecule has 0 heterocycles. The van der Waals surface area contributed by atoms with Crippen LogP contribution in [0.3, 0.4) is 0 Å². The number of halogens is 2. The smallest absolute Gasteiger partial charge is 0 e. The van der Waals surface area contributed by atoms with Gasteiger partial charge in [0.2, 0.25) is 0 Å². The van der Waals surface area contributed by atoms with Gasteiger partial charge in [-0.2, -0.15) is 0 Å².